The second-order valence-corrected chi connectivity index (χ2v) is 4.85. The molecule has 3 nitrogen and oxygen atoms in total. The van der Waals surface area contributed by atoms with E-state index in [2.05, 4.69) is 4.74 Å². The van der Waals surface area contributed by atoms with Crippen LogP contribution >= 0.6 is 11.8 Å². The van der Waals surface area contributed by atoms with Crippen LogP contribution in [0.5, 0.6) is 0 Å². The summed E-state index contributed by atoms with van der Waals surface area (Å²) in [5.41, 5.74) is 0. The second kappa shape index (κ2) is 7.87. The Morgan fingerprint density at radius 1 is 1.33 bits per heavy atom. The van der Waals surface area contributed by atoms with Crippen LogP contribution < -0.4 is 0 Å². The SMILES string of the molecule is COC(=O)C(=O)CCCCSc1cccc(F)c1. The van der Waals surface area contributed by atoms with Crippen molar-refractivity contribution in [2.75, 3.05) is 12.9 Å². The van der Waals surface area contributed by atoms with Crippen molar-refractivity contribution in [1.82, 2.24) is 0 Å². The van der Waals surface area contributed by atoms with Gasteiger partial charge in [0.2, 0.25) is 5.78 Å². The van der Waals surface area contributed by atoms with Gasteiger partial charge in [0.05, 0.1) is 7.11 Å². The van der Waals surface area contributed by atoms with Crippen molar-refractivity contribution in [3.63, 3.8) is 0 Å². The monoisotopic (exact) mass is 270 g/mol. The first-order valence-corrected chi connectivity index (χ1v) is 6.61. The highest BCUT2D eigenvalue weighted by atomic mass is 32.2. The molecule has 0 unspecified atom stereocenters. The number of carbonyl (C=O) groups is 2. The lowest BCUT2D eigenvalue weighted by molar-refractivity contribution is -0.151. The Kier molecular flexibility index (Phi) is 6.43. The summed E-state index contributed by atoms with van der Waals surface area (Å²) in [7, 11) is 1.19. The highest BCUT2D eigenvalue weighted by Crippen LogP contribution is 2.20. The molecule has 0 bridgehead atoms. The van der Waals surface area contributed by atoms with E-state index in [1.165, 1.54) is 31.0 Å². The topological polar surface area (TPSA) is 43.4 Å². The fraction of sp³-hybridized carbons (Fsp3) is 0.385. The van der Waals surface area contributed by atoms with E-state index in [1.54, 1.807) is 6.07 Å². The van der Waals surface area contributed by atoms with Gasteiger partial charge in [-0.15, -0.1) is 11.8 Å². The van der Waals surface area contributed by atoms with Crippen molar-refractivity contribution in [1.29, 1.82) is 0 Å². The number of Topliss-reactive ketones (excluding diaryl/α,β-unsaturated/α-hetero) is 1. The molecule has 1 rings (SSSR count). The van der Waals surface area contributed by atoms with Crippen LogP contribution in [0.1, 0.15) is 19.3 Å². The molecule has 1 aromatic rings. The van der Waals surface area contributed by atoms with E-state index in [-0.39, 0.29) is 12.2 Å². The maximum atomic E-state index is 12.9. The predicted octanol–water partition coefficient (Wildman–Crippen LogP) is 2.83. The van der Waals surface area contributed by atoms with Gasteiger partial charge in [0, 0.05) is 11.3 Å². The highest BCUT2D eigenvalue weighted by molar-refractivity contribution is 7.99. The number of hydrogen-bond donors (Lipinski definition) is 0. The number of ether oxygens (including phenoxy) is 1. The zero-order valence-electron chi connectivity index (χ0n) is 10.1. The van der Waals surface area contributed by atoms with E-state index in [9.17, 15) is 14.0 Å². The molecule has 5 heteroatoms. The summed E-state index contributed by atoms with van der Waals surface area (Å²) in [5, 5.41) is 0. The van der Waals surface area contributed by atoms with Crippen molar-refractivity contribution in [2.45, 2.75) is 24.2 Å². The van der Waals surface area contributed by atoms with E-state index in [0.29, 0.717) is 6.42 Å². The minimum Gasteiger partial charge on any atom is -0.463 e. The molecule has 0 atom stereocenters. The summed E-state index contributed by atoms with van der Waals surface area (Å²) >= 11 is 1.53. The molecule has 0 heterocycles. The van der Waals surface area contributed by atoms with Crippen molar-refractivity contribution in [3.05, 3.63) is 30.1 Å². The number of esters is 1. The van der Waals surface area contributed by atoms with Crippen LogP contribution in [0.15, 0.2) is 29.2 Å². The maximum Gasteiger partial charge on any atom is 0.374 e. The van der Waals surface area contributed by atoms with Gasteiger partial charge in [0.15, 0.2) is 0 Å². The average Bonchev–Trinajstić information content (AvgIpc) is 2.37. The molecule has 0 radical (unpaired) electrons. The molecule has 0 aliphatic heterocycles. The third kappa shape index (κ3) is 5.31. The molecule has 0 fully saturated rings. The number of methoxy groups -OCH3 is 1. The van der Waals surface area contributed by atoms with Crippen LogP contribution in [-0.4, -0.2) is 24.6 Å². The fourth-order valence-electron chi connectivity index (χ4n) is 1.35. The normalized spacial score (nSPS) is 10.1. The Labute approximate surface area is 110 Å². The molecule has 0 saturated carbocycles. The first kappa shape index (κ1) is 14.7. The zero-order valence-corrected chi connectivity index (χ0v) is 11.0. The number of thioether (sulfide) groups is 1. The highest BCUT2D eigenvalue weighted by Gasteiger charge is 2.12. The van der Waals surface area contributed by atoms with Crippen LogP contribution in [0.25, 0.3) is 0 Å². The fourth-order valence-corrected chi connectivity index (χ4v) is 2.31. The first-order valence-electron chi connectivity index (χ1n) is 5.63. The van der Waals surface area contributed by atoms with E-state index >= 15 is 0 Å². The van der Waals surface area contributed by atoms with Gasteiger partial charge in [-0.1, -0.05) is 6.07 Å². The minimum atomic E-state index is -0.784. The van der Waals surface area contributed by atoms with Crippen molar-refractivity contribution in [3.8, 4) is 0 Å². The summed E-state index contributed by atoms with van der Waals surface area (Å²) in [4.78, 5) is 22.8. The molecule has 0 amide bonds. The molecule has 0 spiro atoms. The molecule has 0 aliphatic rings. The molecule has 98 valence electrons. The Balaban J connectivity index is 2.16. The lowest BCUT2D eigenvalue weighted by atomic mass is 10.2. The number of benzene rings is 1. The van der Waals surface area contributed by atoms with E-state index in [1.807, 2.05) is 6.07 Å². The molecular formula is C13H15FO3S. The van der Waals surface area contributed by atoms with Gasteiger partial charge in [-0.05, 0) is 36.8 Å². The van der Waals surface area contributed by atoms with Crippen LogP contribution in [0.3, 0.4) is 0 Å². The van der Waals surface area contributed by atoms with Crippen molar-refractivity contribution >= 4 is 23.5 Å². The summed E-state index contributed by atoms with van der Waals surface area (Å²) in [5.74, 6) is -0.736. The van der Waals surface area contributed by atoms with Crippen LogP contribution in [0.2, 0.25) is 0 Å². The van der Waals surface area contributed by atoms with Crippen molar-refractivity contribution in [2.24, 2.45) is 0 Å². The molecular weight excluding hydrogens is 255 g/mol. The van der Waals surface area contributed by atoms with E-state index < -0.39 is 11.8 Å². The first-order chi connectivity index (χ1) is 8.63. The quantitative estimate of drug-likeness (QED) is 0.331. The Hall–Kier alpha value is -1.36. The smallest absolute Gasteiger partial charge is 0.374 e. The van der Waals surface area contributed by atoms with Crippen LogP contribution in [0.4, 0.5) is 4.39 Å². The summed E-state index contributed by atoms with van der Waals surface area (Å²) in [6, 6.07) is 6.38. The lowest BCUT2D eigenvalue weighted by Crippen LogP contribution is -2.14. The maximum absolute atomic E-state index is 12.9. The van der Waals surface area contributed by atoms with E-state index in [4.69, 9.17) is 0 Å². The molecule has 18 heavy (non-hydrogen) atoms. The third-order valence-corrected chi connectivity index (χ3v) is 3.36. The van der Waals surface area contributed by atoms with Gasteiger partial charge in [0.25, 0.3) is 0 Å². The number of unbranched alkanes of at least 4 members (excludes halogenated alkanes) is 1. The molecule has 0 saturated heterocycles. The largest absolute Gasteiger partial charge is 0.463 e. The average molecular weight is 270 g/mol. The molecule has 0 aliphatic carbocycles. The molecule has 1 aromatic carbocycles. The minimum absolute atomic E-state index is 0.205. The van der Waals surface area contributed by atoms with Crippen molar-refractivity contribution < 1.29 is 18.7 Å². The Morgan fingerprint density at radius 2 is 2.11 bits per heavy atom. The standard InChI is InChI=1S/C13H15FO3S/c1-17-13(16)12(15)7-2-3-8-18-11-6-4-5-10(14)9-11/h4-6,9H,2-3,7-8H2,1H3. The summed E-state index contributed by atoms with van der Waals surface area (Å²) < 4.78 is 17.2. The lowest BCUT2D eigenvalue weighted by Gasteiger charge is -2.01. The van der Waals surface area contributed by atoms with Gasteiger partial charge in [-0.2, -0.15) is 0 Å². The van der Waals surface area contributed by atoms with Gasteiger partial charge < -0.3 is 4.74 Å². The van der Waals surface area contributed by atoms with Gasteiger partial charge in [-0.25, -0.2) is 9.18 Å². The van der Waals surface area contributed by atoms with Crippen LogP contribution in [0, 0.1) is 5.82 Å². The number of rotatable bonds is 7. The Bertz CT molecular complexity index is 420. The van der Waals surface area contributed by atoms with E-state index in [0.717, 1.165) is 17.1 Å². The van der Waals surface area contributed by atoms with Gasteiger partial charge in [0.1, 0.15) is 5.82 Å². The number of hydrogen-bond acceptors (Lipinski definition) is 4. The Morgan fingerprint density at radius 3 is 2.78 bits per heavy atom. The second-order valence-electron chi connectivity index (χ2n) is 3.68. The zero-order chi connectivity index (χ0) is 13.4. The number of carbonyl (C=O) groups excluding carboxylic acids is 2. The van der Waals surface area contributed by atoms with Gasteiger partial charge >= 0.3 is 5.97 Å². The summed E-state index contributed by atoms with van der Waals surface area (Å²) in [6.07, 6.45) is 1.64. The number of halogens is 1. The van der Waals surface area contributed by atoms with Gasteiger partial charge in [-0.3, -0.25) is 4.79 Å². The summed E-state index contributed by atoms with van der Waals surface area (Å²) in [6.45, 7) is 0. The predicted molar refractivity (Wildman–Crippen MR) is 68.0 cm³/mol. The molecule has 0 N–H and O–H groups in total. The molecule has 0 aromatic heterocycles. The van der Waals surface area contributed by atoms with Crippen LogP contribution in [-0.2, 0) is 14.3 Å². The third-order valence-electron chi connectivity index (χ3n) is 2.28. The number of ketones is 1.